The van der Waals surface area contributed by atoms with Crippen LogP contribution in [0.25, 0.3) is 22.6 Å². The lowest BCUT2D eigenvalue weighted by molar-refractivity contribution is 0.415. The lowest BCUT2D eigenvalue weighted by Crippen LogP contribution is -2.20. The van der Waals surface area contributed by atoms with Crippen molar-refractivity contribution in [3.8, 4) is 5.75 Å². The number of hydrogen-bond acceptors (Lipinski definition) is 4. The minimum Gasteiger partial charge on any atom is -0.497 e. The molecule has 5 nitrogen and oxygen atoms in total. The topological polar surface area (TPSA) is 70.1 Å². The molecule has 0 saturated heterocycles. The molecule has 0 saturated carbocycles. The number of fused-ring (bicyclic) bond motifs is 2. The zero-order valence-electron chi connectivity index (χ0n) is 13.3. The van der Waals surface area contributed by atoms with Gasteiger partial charge < -0.3 is 10.5 Å². The van der Waals surface area contributed by atoms with Crippen molar-refractivity contribution in [2.24, 2.45) is 0 Å². The first-order chi connectivity index (χ1) is 11.7. The van der Waals surface area contributed by atoms with Gasteiger partial charge in [0, 0.05) is 12.2 Å². The van der Waals surface area contributed by atoms with Crippen LogP contribution in [0.15, 0.2) is 47.3 Å². The first-order valence-corrected chi connectivity index (χ1v) is 7.81. The third-order valence-electron chi connectivity index (χ3n) is 4.33. The normalized spacial score (nSPS) is 15.0. The highest BCUT2D eigenvalue weighted by Gasteiger charge is 2.20. The number of rotatable bonds is 2. The van der Waals surface area contributed by atoms with E-state index in [4.69, 9.17) is 10.5 Å². The smallest absolute Gasteiger partial charge is 0.261 e. The maximum atomic E-state index is 12.7. The van der Waals surface area contributed by atoms with Gasteiger partial charge in [0.05, 0.1) is 18.0 Å². The van der Waals surface area contributed by atoms with Crippen molar-refractivity contribution in [3.63, 3.8) is 0 Å². The number of allylic oxidation sites excluding steroid dienone is 1. The minimum atomic E-state index is -0.00636. The molecule has 1 aliphatic heterocycles. The van der Waals surface area contributed by atoms with Gasteiger partial charge in [0.1, 0.15) is 11.6 Å². The molecule has 0 aliphatic carbocycles. The molecule has 0 spiro atoms. The van der Waals surface area contributed by atoms with E-state index in [9.17, 15) is 4.79 Å². The molecule has 5 heteroatoms. The number of anilines is 1. The number of hydrogen-bond donors (Lipinski definition) is 1. The minimum absolute atomic E-state index is 0.00636. The summed E-state index contributed by atoms with van der Waals surface area (Å²) in [5.41, 5.74) is 9.19. The maximum absolute atomic E-state index is 12.7. The average Bonchev–Trinajstić information content (AvgIpc) is 2.98. The summed E-state index contributed by atoms with van der Waals surface area (Å²) in [5, 5.41) is 0.610. The van der Waals surface area contributed by atoms with Gasteiger partial charge in [0.15, 0.2) is 0 Å². The Kier molecular flexibility index (Phi) is 3.34. The molecule has 4 rings (SSSR count). The summed E-state index contributed by atoms with van der Waals surface area (Å²) >= 11 is 0. The summed E-state index contributed by atoms with van der Waals surface area (Å²) in [6.45, 7) is 0.656. The molecule has 24 heavy (non-hydrogen) atoms. The molecule has 0 radical (unpaired) electrons. The number of nitrogens with zero attached hydrogens (tertiary/aromatic N) is 2. The van der Waals surface area contributed by atoms with Crippen LogP contribution in [0.1, 0.15) is 17.8 Å². The predicted molar refractivity (Wildman–Crippen MR) is 95.9 cm³/mol. The van der Waals surface area contributed by atoms with Crippen molar-refractivity contribution in [2.45, 2.75) is 13.0 Å². The zero-order chi connectivity index (χ0) is 16.7. The van der Waals surface area contributed by atoms with E-state index in [2.05, 4.69) is 11.1 Å². The summed E-state index contributed by atoms with van der Waals surface area (Å²) in [7, 11) is 1.65. The van der Waals surface area contributed by atoms with Crippen LogP contribution in [0.2, 0.25) is 0 Å². The van der Waals surface area contributed by atoms with Gasteiger partial charge in [-0.1, -0.05) is 12.1 Å². The van der Waals surface area contributed by atoms with Crippen molar-refractivity contribution in [3.05, 3.63) is 64.2 Å². The van der Waals surface area contributed by atoms with Crippen LogP contribution in [0, 0.1) is 0 Å². The quantitative estimate of drug-likeness (QED) is 0.737. The third-order valence-corrected chi connectivity index (χ3v) is 4.33. The third kappa shape index (κ3) is 2.34. The van der Waals surface area contributed by atoms with Crippen molar-refractivity contribution < 1.29 is 4.74 Å². The fraction of sp³-hybridized carbons (Fsp3) is 0.158. The lowest BCUT2D eigenvalue weighted by atomic mass is 10.1. The van der Waals surface area contributed by atoms with Gasteiger partial charge in [-0.15, -0.1) is 0 Å². The second-order valence-corrected chi connectivity index (χ2v) is 5.86. The van der Waals surface area contributed by atoms with E-state index in [-0.39, 0.29) is 5.56 Å². The van der Waals surface area contributed by atoms with E-state index in [1.54, 1.807) is 29.9 Å². The van der Waals surface area contributed by atoms with Gasteiger partial charge in [0.2, 0.25) is 0 Å². The molecule has 0 unspecified atom stereocenters. The van der Waals surface area contributed by atoms with E-state index in [0.29, 0.717) is 23.1 Å². The highest BCUT2D eigenvalue weighted by Crippen LogP contribution is 2.28. The van der Waals surface area contributed by atoms with E-state index >= 15 is 0 Å². The van der Waals surface area contributed by atoms with E-state index in [1.165, 1.54) is 0 Å². The maximum Gasteiger partial charge on any atom is 0.261 e. The van der Waals surface area contributed by atoms with Gasteiger partial charge in [0.25, 0.3) is 5.56 Å². The SMILES string of the molecule is COc1ccc(/C=C2\CCn3c2nc2cc(N)ccc2c3=O)cc1. The van der Waals surface area contributed by atoms with Crippen LogP contribution >= 0.6 is 0 Å². The van der Waals surface area contributed by atoms with Crippen molar-refractivity contribution in [2.75, 3.05) is 12.8 Å². The molecule has 120 valence electrons. The molecule has 3 aromatic rings. The number of benzene rings is 2. The van der Waals surface area contributed by atoms with Crippen LogP contribution < -0.4 is 16.0 Å². The summed E-state index contributed by atoms with van der Waals surface area (Å²) in [6.07, 6.45) is 2.86. The van der Waals surface area contributed by atoms with Crippen molar-refractivity contribution in [1.82, 2.24) is 9.55 Å². The largest absolute Gasteiger partial charge is 0.497 e. The summed E-state index contributed by atoms with van der Waals surface area (Å²) < 4.78 is 6.92. The standard InChI is InChI=1S/C19H17N3O2/c1-24-15-5-2-12(3-6-15)10-13-8-9-22-18(13)21-17-11-14(20)4-7-16(17)19(22)23/h2-7,10-11H,8-9,20H2,1H3/b13-10+. The first kappa shape index (κ1) is 14.5. The molecular formula is C19H17N3O2. The number of nitrogens with two attached hydrogens (primary N) is 1. The van der Waals surface area contributed by atoms with E-state index < -0.39 is 0 Å². The van der Waals surface area contributed by atoms with E-state index in [0.717, 1.165) is 29.1 Å². The Balaban J connectivity index is 1.84. The van der Waals surface area contributed by atoms with Crippen LogP contribution in [-0.2, 0) is 6.54 Å². The zero-order valence-corrected chi connectivity index (χ0v) is 13.3. The van der Waals surface area contributed by atoms with Crippen LogP contribution in [0.3, 0.4) is 0 Å². The molecule has 2 heterocycles. The molecule has 1 aromatic heterocycles. The van der Waals surface area contributed by atoms with Gasteiger partial charge in [-0.25, -0.2) is 4.98 Å². The highest BCUT2D eigenvalue weighted by atomic mass is 16.5. The molecular weight excluding hydrogens is 302 g/mol. The second-order valence-electron chi connectivity index (χ2n) is 5.86. The van der Waals surface area contributed by atoms with Crippen molar-refractivity contribution >= 4 is 28.2 Å². The molecule has 0 fully saturated rings. The monoisotopic (exact) mass is 319 g/mol. The highest BCUT2D eigenvalue weighted by molar-refractivity contribution is 5.86. The average molecular weight is 319 g/mol. The summed E-state index contributed by atoms with van der Waals surface area (Å²) in [6, 6.07) is 13.1. The van der Waals surface area contributed by atoms with Crippen LogP contribution in [0.4, 0.5) is 5.69 Å². The molecule has 0 amide bonds. The lowest BCUT2D eigenvalue weighted by Gasteiger charge is -2.06. The Morgan fingerprint density at radius 2 is 2.00 bits per heavy atom. The van der Waals surface area contributed by atoms with Crippen LogP contribution in [0.5, 0.6) is 5.75 Å². The molecule has 0 atom stereocenters. The summed E-state index contributed by atoms with van der Waals surface area (Å²) in [5.74, 6) is 1.55. The Bertz CT molecular complexity index is 1020. The number of ether oxygens (including phenoxy) is 1. The van der Waals surface area contributed by atoms with Gasteiger partial charge in [-0.05, 0) is 54.0 Å². The fourth-order valence-electron chi connectivity index (χ4n) is 3.07. The second kappa shape index (κ2) is 5.53. The molecule has 2 N–H and O–H groups in total. The van der Waals surface area contributed by atoms with Gasteiger partial charge in [-0.3, -0.25) is 9.36 Å². The Labute approximate surface area is 139 Å². The number of nitrogen functional groups attached to an aromatic ring is 1. The molecule has 0 bridgehead atoms. The predicted octanol–water partition coefficient (Wildman–Crippen LogP) is 2.93. The van der Waals surface area contributed by atoms with Crippen LogP contribution in [-0.4, -0.2) is 16.7 Å². The first-order valence-electron chi connectivity index (χ1n) is 7.81. The Morgan fingerprint density at radius 3 is 2.75 bits per heavy atom. The number of methoxy groups -OCH3 is 1. The molecule has 2 aromatic carbocycles. The Hall–Kier alpha value is -3.08. The molecule has 1 aliphatic rings. The van der Waals surface area contributed by atoms with Gasteiger partial charge in [-0.2, -0.15) is 0 Å². The van der Waals surface area contributed by atoms with Gasteiger partial charge >= 0.3 is 0 Å². The summed E-state index contributed by atoms with van der Waals surface area (Å²) in [4.78, 5) is 17.3. The Morgan fingerprint density at radius 1 is 1.21 bits per heavy atom. The fourth-order valence-corrected chi connectivity index (χ4v) is 3.07. The van der Waals surface area contributed by atoms with Crippen molar-refractivity contribution in [1.29, 1.82) is 0 Å². The van der Waals surface area contributed by atoms with E-state index in [1.807, 2.05) is 24.3 Å². The number of aromatic nitrogens is 2.